The van der Waals surface area contributed by atoms with Crippen LogP contribution in [0.15, 0.2) is 72.9 Å². The van der Waals surface area contributed by atoms with Gasteiger partial charge in [0.1, 0.15) is 5.82 Å². The van der Waals surface area contributed by atoms with Crippen LogP contribution >= 0.6 is 0 Å². The van der Waals surface area contributed by atoms with Crippen molar-refractivity contribution in [3.63, 3.8) is 0 Å². The van der Waals surface area contributed by atoms with Gasteiger partial charge in [-0.15, -0.1) is 10.2 Å². The summed E-state index contributed by atoms with van der Waals surface area (Å²) in [6.07, 6.45) is 1.55. The minimum atomic E-state index is -0.659. The van der Waals surface area contributed by atoms with Crippen LogP contribution in [0.3, 0.4) is 0 Å². The molecule has 0 radical (unpaired) electrons. The van der Waals surface area contributed by atoms with Gasteiger partial charge in [-0.1, -0.05) is 42.5 Å². The molecule has 0 fully saturated rings. The highest BCUT2D eigenvalue weighted by atomic mass is 16.5. The number of esters is 1. The van der Waals surface area contributed by atoms with Crippen LogP contribution in [-0.4, -0.2) is 39.0 Å². The number of nitrogens with one attached hydrogen (secondary N) is 2. The molecule has 4 rings (SSSR count). The Labute approximate surface area is 195 Å². The molecular weight excluding hydrogens is 434 g/mol. The first-order chi connectivity index (χ1) is 16.4. The van der Waals surface area contributed by atoms with E-state index in [1.165, 1.54) is 0 Å². The number of carbonyl (C=O) groups is 3. The third-order valence-corrected chi connectivity index (χ3v) is 5.24. The molecule has 2 heterocycles. The van der Waals surface area contributed by atoms with E-state index in [1.807, 2.05) is 37.3 Å². The summed E-state index contributed by atoms with van der Waals surface area (Å²) in [5.74, 6) is -0.931. The third-order valence-electron chi connectivity index (χ3n) is 5.24. The summed E-state index contributed by atoms with van der Waals surface area (Å²) in [5.41, 5.74) is 2.45. The highest BCUT2D eigenvalue weighted by molar-refractivity contribution is 6.04. The fraction of sp³-hybridized carbons (Fsp3) is 0.160. The van der Waals surface area contributed by atoms with Gasteiger partial charge in [-0.05, 0) is 43.7 Å². The maximum Gasteiger partial charge on any atom is 0.340 e. The van der Waals surface area contributed by atoms with Crippen molar-refractivity contribution in [2.24, 2.45) is 0 Å². The smallest absolute Gasteiger partial charge is 0.340 e. The number of aryl methyl sites for hydroxylation is 1. The molecule has 0 aliphatic carbocycles. The first-order valence-corrected chi connectivity index (χ1v) is 10.7. The second-order valence-corrected chi connectivity index (χ2v) is 7.67. The predicted octanol–water partition coefficient (Wildman–Crippen LogP) is 3.32. The van der Waals surface area contributed by atoms with Crippen molar-refractivity contribution in [2.75, 3.05) is 11.9 Å². The Morgan fingerprint density at radius 3 is 2.50 bits per heavy atom. The van der Waals surface area contributed by atoms with Crippen LogP contribution in [0.2, 0.25) is 0 Å². The molecule has 0 spiro atoms. The third kappa shape index (κ3) is 5.09. The van der Waals surface area contributed by atoms with Crippen molar-refractivity contribution in [1.29, 1.82) is 0 Å². The molecule has 2 amide bonds. The number of fused-ring (bicyclic) bond motifs is 1. The lowest BCUT2D eigenvalue weighted by Gasteiger charge is -2.16. The van der Waals surface area contributed by atoms with E-state index in [9.17, 15) is 14.4 Å². The second kappa shape index (κ2) is 9.95. The van der Waals surface area contributed by atoms with Crippen molar-refractivity contribution in [3.8, 4) is 0 Å². The molecule has 0 saturated heterocycles. The normalized spacial score (nSPS) is 11.6. The number of para-hydroxylation sites is 1. The second-order valence-electron chi connectivity index (χ2n) is 7.67. The van der Waals surface area contributed by atoms with Crippen LogP contribution in [0, 0.1) is 6.92 Å². The van der Waals surface area contributed by atoms with Gasteiger partial charge in [0.05, 0.1) is 22.9 Å². The number of ether oxygens (including phenoxy) is 1. The zero-order valence-electron chi connectivity index (χ0n) is 18.7. The molecule has 0 saturated carbocycles. The minimum absolute atomic E-state index is 0.218. The van der Waals surface area contributed by atoms with Gasteiger partial charge in [0.2, 0.25) is 0 Å². The largest absolute Gasteiger partial charge is 0.452 e. The number of aromatic nitrogens is 3. The lowest BCUT2D eigenvalue weighted by molar-refractivity contribution is -0.119. The molecular formula is C25H23N5O4. The maximum atomic E-state index is 12.8. The van der Waals surface area contributed by atoms with Crippen LogP contribution in [0.5, 0.6) is 0 Å². The van der Waals surface area contributed by atoms with Gasteiger partial charge in [0.25, 0.3) is 11.8 Å². The number of amides is 2. The molecule has 4 aromatic rings. The Bertz CT molecular complexity index is 1350. The summed E-state index contributed by atoms with van der Waals surface area (Å²) in [6, 6.07) is 19.2. The van der Waals surface area contributed by atoms with Crippen molar-refractivity contribution in [3.05, 3.63) is 95.4 Å². The van der Waals surface area contributed by atoms with Gasteiger partial charge in [-0.25, -0.2) is 4.79 Å². The van der Waals surface area contributed by atoms with Gasteiger partial charge >= 0.3 is 5.97 Å². The van der Waals surface area contributed by atoms with E-state index < -0.39 is 18.5 Å². The lowest BCUT2D eigenvalue weighted by atomic mass is 10.1. The Kier molecular flexibility index (Phi) is 6.63. The Hall–Kier alpha value is -4.53. The molecule has 0 aliphatic heterocycles. The molecule has 172 valence electrons. The first kappa shape index (κ1) is 22.7. The van der Waals surface area contributed by atoms with Crippen molar-refractivity contribution in [1.82, 2.24) is 19.9 Å². The fourth-order valence-electron chi connectivity index (χ4n) is 3.42. The molecule has 0 bridgehead atoms. The number of hydrogen-bond donors (Lipinski definition) is 2. The number of benzene rings is 2. The molecule has 0 aliphatic rings. The van der Waals surface area contributed by atoms with E-state index in [0.29, 0.717) is 22.7 Å². The lowest BCUT2D eigenvalue weighted by Crippen LogP contribution is -2.28. The number of rotatable bonds is 7. The Morgan fingerprint density at radius 1 is 0.971 bits per heavy atom. The number of anilines is 1. The van der Waals surface area contributed by atoms with Gasteiger partial charge < -0.3 is 15.4 Å². The molecule has 2 aromatic carbocycles. The number of pyridine rings is 1. The predicted molar refractivity (Wildman–Crippen MR) is 125 cm³/mol. The zero-order chi connectivity index (χ0) is 24.1. The van der Waals surface area contributed by atoms with Gasteiger partial charge in [0.15, 0.2) is 12.3 Å². The number of carbonyl (C=O) groups excluding carboxylic acids is 3. The van der Waals surface area contributed by atoms with Crippen molar-refractivity contribution < 1.29 is 19.1 Å². The Balaban J connectivity index is 1.38. The molecule has 2 aromatic heterocycles. The number of nitrogens with zero attached hydrogens (tertiary/aromatic N) is 3. The summed E-state index contributed by atoms with van der Waals surface area (Å²) in [5, 5.41) is 13.5. The summed E-state index contributed by atoms with van der Waals surface area (Å²) < 4.78 is 6.80. The molecule has 1 unspecified atom stereocenters. The average molecular weight is 457 g/mol. The van der Waals surface area contributed by atoms with E-state index >= 15 is 0 Å². The summed E-state index contributed by atoms with van der Waals surface area (Å²) in [6.45, 7) is 3.14. The summed E-state index contributed by atoms with van der Waals surface area (Å²) in [4.78, 5) is 37.7. The number of hydrogen-bond acceptors (Lipinski definition) is 6. The minimum Gasteiger partial charge on any atom is -0.452 e. The highest BCUT2D eigenvalue weighted by Gasteiger charge is 2.17. The van der Waals surface area contributed by atoms with E-state index in [0.717, 1.165) is 5.56 Å². The van der Waals surface area contributed by atoms with E-state index in [-0.39, 0.29) is 17.5 Å². The molecule has 9 nitrogen and oxygen atoms in total. The van der Waals surface area contributed by atoms with Crippen LogP contribution in [0.25, 0.3) is 5.65 Å². The molecule has 1 atom stereocenters. The quantitative estimate of drug-likeness (QED) is 0.412. The van der Waals surface area contributed by atoms with Crippen LogP contribution in [-0.2, 0) is 9.53 Å². The SMILES string of the molecule is Cc1nnc2ccc(C(=O)OCC(=O)Nc3ccccc3C(=O)NC(C)c3ccccc3)cn12. The molecule has 9 heteroatoms. The van der Waals surface area contributed by atoms with E-state index in [2.05, 4.69) is 20.8 Å². The van der Waals surface area contributed by atoms with Crippen molar-refractivity contribution in [2.45, 2.75) is 19.9 Å². The Morgan fingerprint density at radius 2 is 1.71 bits per heavy atom. The monoisotopic (exact) mass is 457 g/mol. The fourth-order valence-corrected chi connectivity index (χ4v) is 3.42. The van der Waals surface area contributed by atoms with Crippen LogP contribution in [0.4, 0.5) is 5.69 Å². The summed E-state index contributed by atoms with van der Waals surface area (Å²) in [7, 11) is 0. The van der Waals surface area contributed by atoms with Gasteiger partial charge in [-0.3, -0.25) is 14.0 Å². The van der Waals surface area contributed by atoms with Crippen LogP contribution in [0.1, 0.15) is 45.1 Å². The highest BCUT2D eigenvalue weighted by Crippen LogP contribution is 2.18. The summed E-state index contributed by atoms with van der Waals surface area (Å²) >= 11 is 0. The topological polar surface area (TPSA) is 115 Å². The molecule has 34 heavy (non-hydrogen) atoms. The standard InChI is InChI=1S/C25H23N5O4/c1-16(18-8-4-3-5-9-18)26-24(32)20-10-6-7-11-21(20)27-23(31)15-34-25(33)19-12-13-22-29-28-17(2)30(22)14-19/h3-14,16H,15H2,1-2H3,(H,26,32)(H,27,31). The first-order valence-electron chi connectivity index (χ1n) is 10.7. The molecule has 2 N–H and O–H groups in total. The zero-order valence-corrected chi connectivity index (χ0v) is 18.7. The average Bonchev–Trinajstić information content (AvgIpc) is 3.23. The maximum absolute atomic E-state index is 12.8. The van der Waals surface area contributed by atoms with Crippen molar-refractivity contribution >= 4 is 29.1 Å². The van der Waals surface area contributed by atoms with Gasteiger partial charge in [-0.2, -0.15) is 0 Å². The van der Waals surface area contributed by atoms with E-state index in [4.69, 9.17) is 4.74 Å². The van der Waals surface area contributed by atoms with Crippen LogP contribution < -0.4 is 10.6 Å². The van der Waals surface area contributed by atoms with E-state index in [1.54, 1.807) is 53.9 Å². The van der Waals surface area contributed by atoms with Gasteiger partial charge in [0, 0.05) is 6.20 Å².